The Hall–Kier alpha value is -1.79. The lowest BCUT2D eigenvalue weighted by Gasteiger charge is -2.23. The quantitative estimate of drug-likeness (QED) is 0.754. The molecule has 1 heterocycles. The van der Waals surface area contributed by atoms with E-state index in [1.807, 2.05) is 52.3 Å². The Morgan fingerprint density at radius 3 is 1.92 bits per heavy atom. The highest BCUT2D eigenvalue weighted by Crippen LogP contribution is 2.20. The molecule has 1 aliphatic heterocycles. The van der Waals surface area contributed by atoms with Crippen molar-refractivity contribution in [2.75, 3.05) is 26.2 Å². The minimum atomic E-state index is -0.0270. The topological polar surface area (TPSA) is 40.6 Å². The molecule has 0 N–H and O–H groups in total. The van der Waals surface area contributed by atoms with Gasteiger partial charge in [0.1, 0.15) is 0 Å². The third kappa shape index (κ3) is 4.07. The number of halogens is 1. The van der Waals surface area contributed by atoms with Crippen LogP contribution >= 0.6 is 28.6 Å². The molecular formula is C19H19BrN2O2S. The van der Waals surface area contributed by atoms with Gasteiger partial charge in [-0.3, -0.25) is 9.59 Å². The van der Waals surface area contributed by atoms with Gasteiger partial charge in [-0.25, -0.2) is 0 Å². The maximum atomic E-state index is 12.8. The van der Waals surface area contributed by atoms with Crippen LogP contribution in [0.2, 0.25) is 0 Å². The normalized spacial score (nSPS) is 15.0. The Morgan fingerprint density at radius 1 is 0.800 bits per heavy atom. The fraction of sp³-hybridized carbons (Fsp3) is 0.263. The molecule has 6 heteroatoms. The summed E-state index contributed by atoms with van der Waals surface area (Å²) in [6.45, 7) is 2.34. The van der Waals surface area contributed by atoms with E-state index in [1.54, 1.807) is 6.07 Å². The molecule has 0 aromatic heterocycles. The SMILES string of the molecule is O=C(c1ccccc1S)N1CCCN(C(=O)c2ccccc2Br)CC1. The summed E-state index contributed by atoms with van der Waals surface area (Å²) in [5.74, 6) is -0.0304. The summed E-state index contributed by atoms with van der Waals surface area (Å²) in [7, 11) is 0. The van der Waals surface area contributed by atoms with Gasteiger partial charge in [0, 0.05) is 35.5 Å². The van der Waals surface area contributed by atoms with Crippen LogP contribution in [0.3, 0.4) is 0 Å². The van der Waals surface area contributed by atoms with Gasteiger partial charge in [-0.2, -0.15) is 0 Å². The number of amides is 2. The summed E-state index contributed by atoms with van der Waals surface area (Å²) in [5, 5.41) is 0. The van der Waals surface area contributed by atoms with Crippen molar-refractivity contribution in [3.63, 3.8) is 0 Å². The molecule has 0 saturated carbocycles. The van der Waals surface area contributed by atoms with Gasteiger partial charge >= 0.3 is 0 Å². The zero-order chi connectivity index (χ0) is 17.8. The molecular weight excluding hydrogens is 400 g/mol. The lowest BCUT2D eigenvalue weighted by Crippen LogP contribution is -2.37. The highest BCUT2D eigenvalue weighted by atomic mass is 79.9. The molecule has 2 amide bonds. The number of thiol groups is 1. The van der Waals surface area contributed by atoms with Gasteiger partial charge in [-0.1, -0.05) is 24.3 Å². The number of nitrogens with zero attached hydrogens (tertiary/aromatic N) is 2. The molecule has 0 unspecified atom stereocenters. The van der Waals surface area contributed by atoms with Crippen LogP contribution < -0.4 is 0 Å². The van der Waals surface area contributed by atoms with Gasteiger partial charge in [0.15, 0.2) is 0 Å². The Kier molecular flexibility index (Phi) is 5.81. The van der Waals surface area contributed by atoms with Crippen LogP contribution in [0.5, 0.6) is 0 Å². The summed E-state index contributed by atoms with van der Waals surface area (Å²) in [6.07, 6.45) is 0.761. The van der Waals surface area contributed by atoms with E-state index >= 15 is 0 Å². The average Bonchev–Trinajstić information content (AvgIpc) is 2.87. The van der Waals surface area contributed by atoms with Gasteiger partial charge in [0.25, 0.3) is 11.8 Å². The molecule has 1 saturated heterocycles. The van der Waals surface area contributed by atoms with E-state index < -0.39 is 0 Å². The van der Waals surface area contributed by atoms with Gasteiger partial charge in [-0.05, 0) is 46.6 Å². The lowest BCUT2D eigenvalue weighted by atomic mass is 10.2. The van der Waals surface area contributed by atoms with Gasteiger partial charge in [0.2, 0.25) is 0 Å². The largest absolute Gasteiger partial charge is 0.337 e. The Bertz CT molecular complexity index is 731. The predicted octanol–water partition coefficient (Wildman–Crippen LogP) is 3.73. The summed E-state index contributed by atoms with van der Waals surface area (Å²) < 4.78 is 0.793. The van der Waals surface area contributed by atoms with Gasteiger partial charge < -0.3 is 9.80 Å². The average molecular weight is 419 g/mol. The Morgan fingerprint density at radius 2 is 1.32 bits per heavy atom. The zero-order valence-corrected chi connectivity index (χ0v) is 16.2. The van der Waals surface area contributed by atoms with Crippen LogP contribution in [-0.4, -0.2) is 47.8 Å². The van der Waals surface area contributed by atoms with E-state index in [0.717, 1.165) is 10.9 Å². The maximum Gasteiger partial charge on any atom is 0.255 e. The fourth-order valence-electron chi connectivity index (χ4n) is 2.95. The zero-order valence-electron chi connectivity index (χ0n) is 13.7. The van der Waals surface area contributed by atoms with Crippen molar-refractivity contribution in [1.29, 1.82) is 0 Å². The molecule has 0 bridgehead atoms. The summed E-state index contributed by atoms with van der Waals surface area (Å²) >= 11 is 7.81. The summed E-state index contributed by atoms with van der Waals surface area (Å²) in [6, 6.07) is 14.7. The lowest BCUT2D eigenvalue weighted by molar-refractivity contribution is 0.0716. The van der Waals surface area contributed by atoms with Crippen LogP contribution in [0.1, 0.15) is 27.1 Å². The Labute approximate surface area is 161 Å². The number of carbonyl (C=O) groups excluding carboxylic acids is 2. The second-order valence-corrected chi connectivity index (χ2v) is 7.27. The van der Waals surface area contributed by atoms with Crippen molar-refractivity contribution >= 4 is 40.4 Å². The molecule has 0 atom stereocenters. The summed E-state index contributed by atoms with van der Waals surface area (Å²) in [5.41, 5.74) is 1.26. The van der Waals surface area contributed by atoms with Crippen LogP contribution in [0.15, 0.2) is 57.9 Å². The highest BCUT2D eigenvalue weighted by molar-refractivity contribution is 9.10. The van der Waals surface area contributed by atoms with Gasteiger partial charge in [0.05, 0.1) is 11.1 Å². The highest BCUT2D eigenvalue weighted by Gasteiger charge is 2.25. The number of benzene rings is 2. The first-order valence-corrected chi connectivity index (χ1v) is 9.43. The van der Waals surface area contributed by atoms with Crippen molar-refractivity contribution in [2.45, 2.75) is 11.3 Å². The monoisotopic (exact) mass is 418 g/mol. The second-order valence-electron chi connectivity index (χ2n) is 5.93. The predicted molar refractivity (Wildman–Crippen MR) is 104 cm³/mol. The molecule has 0 aliphatic carbocycles. The summed E-state index contributed by atoms with van der Waals surface area (Å²) in [4.78, 5) is 29.8. The molecule has 2 aromatic carbocycles. The first-order valence-electron chi connectivity index (χ1n) is 8.19. The molecule has 4 nitrogen and oxygen atoms in total. The molecule has 0 spiro atoms. The third-order valence-corrected chi connectivity index (χ3v) is 5.39. The molecule has 25 heavy (non-hydrogen) atoms. The van der Waals surface area contributed by atoms with E-state index in [1.165, 1.54) is 0 Å². The molecule has 130 valence electrons. The molecule has 1 aliphatic rings. The van der Waals surface area contributed by atoms with Crippen molar-refractivity contribution in [2.24, 2.45) is 0 Å². The van der Waals surface area contributed by atoms with Crippen LogP contribution in [0.4, 0.5) is 0 Å². The van der Waals surface area contributed by atoms with Crippen molar-refractivity contribution < 1.29 is 9.59 Å². The third-order valence-electron chi connectivity index (χ3n) is 4.31. The van der Waals surface area contributed by atoms with E-state index in [4.69, 9.17) is 0 Å². The molecule has 0 radical (unpaired) electrons. The van der Waals surface area contributed by atoms with E-state index in [2.05, 4.69) is 28.6 Å². The van der Waals surface area contributed by atoms with E-state index in [-0.39, 0.29) is 11.8 Å². The second kappa shape index (κ2) is 8.06. The van der Waals surface area contributed by atoms with Crippen LogP contribution in [-0.2, 0) is 0 Å². The standard InChI is InChI=1S/C19H19BrN2O2S/c20-16-8-3-1-6-14(16)18(23)21-10-5-11-22(13-12-21)19(24)15-7-2-4-9-17(15)25/h1-4,6-9,25H,5,10-13H2. The van der Waals surface area contributed by atoms with Gasteiger partial charge in [-0.15, -0.1) is 12.6 Å². The minimum Gasteiger partial charge on any atom is -0.337 e. The maximum absolute atomic E-state index is 12.8. The van der Waals surface area contributed by atoms with Crippen LogP contribution in [0, 0.1) is 0 Å². The molecule has 1 fully saturated rings. The van der Waals surface area contributed by atoms with Crippen LogP contribution in [0.25, 0.3) is 0 Å². The number of hydrogen-bond acceptors (Lipinski definition) is 3. The first-order chi connectivity index (χ1) is 12.1. The molecule has 2 aromatic rings. The van der Waals surface area contributed by atoms with E-state index in [9.17, 15) is 9.59 Å². The van der Waals surface area contributed by atoms with Crippen molar-refractivity contribution in [1.82, 2.24) is 9.80 Å². The fourth-order valence-corrected chi connectivity index (χ4v) is 3.66. The minimum absolute atomic E-state index is 0.00336. The molecule has 3 rings (SSSR count). The first kappa shape index (κ1) is 18.0. The number of carbonyl (C=O) groups is 2. The smallest absolute Gasteiger partial charge is 0.255 e. The Balaban J connectivity index is 1.70. The van der Waals surface area contributed by atoms with Crippen molar-refractivity contribution in [3.8, 4) is 0 Å². The van der Waals surface area contributed by atoms with E-state index in [0.29, 0.717) is 42.2 Å². The number of hydrogen-bond donors (Lipinski definition) is 1. The number of rotatable bonds is 2. The van der Waals surface area contributed by atoms with Crippen molar-refractivity contribution in [3.05, 3.63) is 64.1 Å².